The molecular formula is C31H28ClN3O4. The molecule has 1 fully saturated rings. The van der Waals surface area contributed by atoms with Gasteiger partial charge >= 0.3 is 0 Å². The number of ether oxygens (including phenoxy) is 1. The van der Waals surface area contributed by atoms with Crippen LogP contribution in [0.15, 0.2) is 77.4 Å². The molecule has 1 aliphatic carbocycles. The summed E-state index contributed by atoms with van der Waals surface area (Å²) in [4.78, 5) is 32.1. The summed E-state index contributed by atoms with van der Waals surface area (Å²) in [6.07, 6.45) is 4.06. The molecule has 4 aromatic rings. The Bertz CT molecular complexity index is 1530. The van der Waals surface area contributed by atoms with E-state index in [0.717, 1.165) is 30.4 Å². The Hall–Kier alpha value is -4.10. The van der Waals surface area contributed by atoms with Crippen LogP contribution >= 0.6 is 11.6 Å². The quantitative estimate of drug-likeness (QED) is 0.294. The SMILES string of the molecule is Cc1ccc(C2c3cc(OCc4nc(C(=O)Nc5cccc(Cl)c5)co4)ccc3CCN2C(=O)C2CC2)cc1. The van der Waals surface area contributed by atoms with Gasteiger partial charge in [-0.15, -0.1) is 0 Å². The van der Waals surface area contributed by atoms with E-state index in [0.29, 0.717) is 23.0 Å². The topological polar surface area (TPSA) is 84.7 Å². The van der Waals surface area contributed by atoms with Crippen molar-refractivity contribution in [2.45, 2.75) is 38.8 Å². The van der Waals surface area contributed by atoms with Gasteiger partial charge in [-0.25, -0.2) is 4.98 Å². The first kappa shape index (κ1) is 25.2. The molecule has 1 saturated carbocycles. The molecule has 8 heteroatoms. The van der Waals surface area contributed by atoms with E-state index in [1.165, 1.54) is 17.4 Å². The van der Waals surface area contributed by atoms with Crippen LogP contribution in [0.5, 0.6) is 5.75 Å². The molecule has 1 aliphatic heterocycles. The van der Waals surface area contributed by atoms with Crippen LogP contribution < -0.4 is 10.1 Å². The standard InChI is InChI=1S/C31H28ClN3O4/c1-19-5-7-21(8-6-19)29-26-16-25(12-11-20(26)13-14-35(29)31(37)22-9-10-22)38-18-28-34-27(17-39-28)30(36)33-24-4-2-3-23(32)15-24/h2-8,11-12,15-17,22,29H,9-10,13-14,18H2,1H3,(H,33,36). The number of hydrogen-bond donors (Lipinski definition) is 1. The van der Waals surface area contributed by atoms with Gasteiger partial charge in [0.15, 0.2) is 12.3 Å². The Balaban J connectivity index is 1.19. The fourth-order valence-corrected chi connectivity index (χ4v) is 5.17. The molecule has 198 valence electrons. The van der Waals surface area contributed by atoms with E-state index in [4.69, 9.17) is 20.8 Å². The maximum absolute atomic E-state index is 13.2. The van der Waals surface area contributed by atoms with Crippen molar-refractivity contribution >= 4 is 29.1 Å². The summed E-state index contributed by atoms with van der Waals surface area (Å²) in [7, 11) is 0. The summed E-state index contributed by atoms with van der Waals surface area (Å²) in [6, 6.07) is 21.1. The maximum Gasteiger partial charge on any atom is 0.277 e. The summed E-state index contributed by atoms with van der Waals surface area (Å²) in [5.74, 6) is 0.914. The minimum atomic E-state index is -0.401. The molecular weight excluding hydrogens is 514 g/mol. The van der Waals surface area contributed by atoms with Crippen LogP contribution in [-0.4, -0.2) is 28.2 Å². The van der Waals surface area contributed by atoms with Gasteiger partial charge in [0.2, 0.25) is 11.8 Å². The zero-order chi connectivity index (χ0) is 26.9. The second-order valence-corrected chi connectivity index (χ2v) is 10.5. The number of carbonyl (C=O) groups excluding carboxylic acids is 2. The summed E-state index contributed by atoms with van der Waals surface area (Å²) >= 11 is 5.99. The first-order valence-electron chi connectivity index (χ1n) is 13.1. The van der Waals surface area contributed by atoms with Gasteiger partial charge in [0.25, 0.3) is 5.91 Å². The number of amides is 2. The molecule has 7 nitrogen and oxygen atoms in total. The van der Waals surface area contributed by atoms with E-state index in [9.17, 15) is 9.59 Å². The number of aryl methyl sites for hydroxylation is 1. The zero-order valence-electron chi connectivity index (χ0n) is 21.5. The van der Waals surface area contributed by atoms with Crippen LogP contribution in [0, 0.1) is 12.8 Å². The first-order valence-corrected chi connectivity index (χ1v) is 13.5. The van der Waals surface area contributed by atoms with E-state index >= 15 is 0 Å². The summed E-state index contributed by atoms with van der Waals surface area (Å²) in [6.45, 7) is 2.83. The molecule has 2 heterocycles. The molecule has 0 saturated heterocycles. The Morgan fingerprint density at radius 2 is 1.92 bits per heavy atom. The van der Waals surface area contributed by atoms with Gasteiger partial charge in [-0.1, -0.05) is 53.6 Å². The molecule has 1 N–H and O–H groups in total. The number of aromatic nitrogens is 1. The highest BCUT2D eigenvalue weighted by atomic mass is 35.5. The van der Waals surface area contributed by atoms with Crippen molar-refractivity contribution in [3.05, 3.63) is 112 Å². The highest BCUT2D eigenvalue weighted by molar-refractivity contribution is 6.30. The molecule has 0 radical (unpaired) electrons. The summed E-state index contributed by atoms with van der Waals surface area (Å²) < 4.78 is 11.5. The highest BCUT2D eigenvalue weighted by Gasteiger charge is 2.39. The van der Waals surface area contributed by atoms with Crippen molar-refractivity contribution in [3.63, 3.8) is 0 Å². The van der Waals surface area contributed by atoms with Gasteiger partial charge in [0.1, 0.15) is 12.0 Å². The molecule has 2 aliphatic rings. The van der Waals surface area contributed by atoms with Crippen molar-refractivity contribution in [3.8, 4) is 5.75 Å². The number of benzene rings is 3. The Labute approximate surface area is 231 Å². The maximum atomic E-state index is 13.2. The lowest BCUT2D eigenvalue weighted by molar-refractivity contribution is -0.134. The van der Waals surface area contributed by atoms with Crippen molar-refractivity contribution < 1.29 is 18.7 Å². The van der Waals surface area contributed by atoms with Crippen molar-refractivity contribution in [2.24, 2.45) is 5.92 Å². The Morgan fingerprint density at radius 1 is 1.10 bits per heavy atom. The Morgan fingerprint density at radius 3 is 2.69 bits per heavy atom. The monoisotopic (exact) mass is 541 g/mol. The highest BCUT2D eigenvalue weighted by Crippen LogP contribution is 2.41. The smallest absolute Gasteiger partial charge is 0.277 e. The molecule has 2 amide bonds. The number of nitrogens with zero attached hydrogens (tertiary/aromatic N) is 2. The predicted molar refractivity (Wildman–Crippen MR) is 148 cm³/mol. The Kier molecular flexibility index (Phi) is 6.83. The van der Waals surface area contributed by atoms with E-state index in [1.54, 1.807) is 24.3 Å². The predicted octanol–water partition coefficient (Wildman–Crippen LogP) is 6.35. The van der Waals surface area contributed by atoms with Crippen LogP contribution in [0.3, 0.4) is 0 Å². The van der Waals surface area contributed by atoms with Gasteiger partial charge < -0.3 is 19.4 Å². The minimum Gasteiger partial charge on any atom is -0.484 e. The number of halogens is 1. The van der Waals surface area contributed by atoms with Crippen molar-refractivity contribution in [1.82, 2.24) is 9.88 Å². The molecule has 1 unspecified atom stereocenters. The van der Waals surface area contributed by atoms with Crippen LogP contribution in [0.25, 0.3) is 0 Å². The van der Waals surface area contributed by atoms with E-state index < -0.39 is 5.91 Å². The molecule has 0 bridgehead atoms. The number of anilines is 1. The summed E-state index contributed by atoms with van der Waals surface area (Å²) in [5.41, 5.74) is 5.27. The van der Waals surface area contributed by atoms with E-state index in [2.05, 4.69) is 47.6 Å². The number of nitrogens with one attached hydrogen (secondary N) is 1. The number of fused-ring (bicyclic) bond motifs is 1. The van der Waals surface area contributed by atoms with Gasteiger partial charge in [-0.2, -0.15) is 0 Å². The van der Waals surface area contributed by atoms with Crippen LogP contribution in [0.2, 0.25) is 5.02 Å². The third kappa shape index (κ3) is 5.54. The fraction of sp³-hybridized carbons (Fsp3) is 0.258. The lowest BCUT2D eigenvalue weighted by Gasteiger charge is -2.38. The van der Waals surface area contributed by atoms with Gasteiger partial charge in [-0.3, -0.25) is 9.59 Å². The molecule has 1 aromatic heterocycles. The van der Waals surface area contributed by atoms with E-state index in [-0.39, 0.29) is 36.1 Å². The molecule has 39 heavy (non-hydrogen) atoms. The van der Waals surface area contributed by atoms with Gasteiger partial charge in [-0.05, 0) is 73.2 Å². The number of carbonyl (C=O) groups is 2. The zero-order valence-corrected chi connectivity index (χ0v) is 22.3. The second kappa shape index (κ2) is 10.6. The summed E-state index contributed by atoms with van der Waals surface area (Å²) in [5, 5.41) is 3.28. The fourth-order valence-electron chi connectivity index (χ4n) is 4.98. The van der Waals surface area contributed by atoms with Gasteiger partial charge in [0.05, 0.1) is 6.04 Å². The lowest BCUT2D eigenvalue weighted by atomic mass is 9.87. The molecule has 0 spiro atoms. The third-order valence-electron chi connectivity index (χ3n) is 7.18. The largest absolute Gasteiger partial charge is 0.484 e. The minimum absolute atomic E-state index is 0.0587. The average Bonchev–Trinajstić information content (AvgIpc) is 3.68. The van der Waals surface area contributed by atoms with E-state index in [1.807, 2.05) is 17.0 Å². The van der Waals surface area contributed by atoms with Crippen LogP contribution in [0.1, 0.15) is 57.5 Å². The molecule has 1 atom stereocenters. The average molecular weight is 542 g/mol. The molecule has 3 aromatic carbocycles. The second-order valence-electron chi connectivity index (χ2n) is 10.1. The van der Waals surface area contributed by atoms with Crippen molar-refractivity contribution in [1.29, 1.82) is 0 Å². The number of rotatable bonds is 7. The van der Waals surface area contributed by atoms with Gasteiger partial charge in [0, 0.05) is 23.2 Å². The van der Waals surface area contributed by atoms with Crippen molar-refractivity contribution in [2.75, 3.05) is 11.9 Å². The normalized spacial score (nSPS) is 16.5. The third-order valence-corrected chi connectivity index (χ3v) is 7.41. The number of hydrogen-bond acceptors (Lipinski definition) is 5. The van der Waals surface area contributed by atoms with Crippen LogP contribution in [-0.2, 0) is 17.8 Å². The number of oxazole rings is 1. The van der Waals surface area contributed by atoms with Crippen LogP contribution in [0.4, 0.5) is 5.69 Å². The first-order chi connectivity index (χ1) is 18.9. The lowest BCUT2D eigenvalue weighted by Crippen LogP contribution is -2.41. The molecule has 6 rings (SSSR count).